The third kappa shape index (κ3) is 3.94. The molecule has 4 aromatic rings. The van der Waals surface area contributed by atoms with E-state index < -0.39 is 5.91 Å². The van der Waals surface area contributed by atoms with Crippen LogP contribution in [0, 0.1) is 0 Å². The van der Waals surface area contributed by atoms with E-state index in [0.717, 1.165) is 17.5 Å². The Morgan fingerprint density at radius 1 is 0.966 bits per heavy atom. The lowest BCUT2D eigenvalue weighted by Crippen LogP contribution is -2.31. The standard InChI is InChI=1S/C24H20N2O3/c1-2-17-11-12-21-19(14-17)20(27)15-22(29-21)24(28)26(23-10-6-7-13-25-23)16-18-8-4-3-5-9-18/h3-15H,2,16H2,1H3. The largest absolute Gasteiger partial charge is 0.451 e. The van der Waals surface area contributed by atoms with Crippen molar-refractivity contribution < 1.29 is 9.21 Å². The molecule has 0 saturated heterocycles. The Balaban J connectivity index is 1.77. The Morgan fingerprint density at radius 3 is 2.48 bits per heavy atom. The van der Waals surface area contributed by atoms with Crippen LogP contribution >= 0.6 is 0 Å². The van der Waals surface area contributed by atoms with Gasteiger partial charge in [0.25, 0.3) is 5.91 Å². The fraction of sp³-hybridized carbons (Fsp3) is 0.125. The minimum absolute atomic E-state index is 0.00617. The number of amides is 1. The summed E-state index contributed by atoms with van der Waals surface area (Å²) in [5, 5.41) is 0.480. The van der Waals surface area contributed by atoms with Gasteiger partial charge >= 0.3 is 0 Å². The average Bonchev–Trinajstić information content (AvgIpc) is 2.78. The number of carbonyl (C=O) groups excluding carboxylic acids is 1. The lowest BCUT2D eigenvalue weighted by atomic mass is 10.1. The van der Waals surface area contributed by atoms with Gasteiger partial charge in [-0.1, -0.05) is 49.4 Å². The van der Waals surface area contributed by atoms with E-state index in [1.165, 1.54) is 11.0 Å². The first kappa shape index (κ1) is 18.6. The van der Waals surface area contributed by atoms with Crippen LogP contribution in [0.3, 0.4) is 0 Å². The molecule has 5 nitrogen and oxygen atoms in total. The van der Waals surface area contributed by atoms with Gasteiger partial charge in [0.2, 0.25) is 0 Å². The Morgan fingerprint density at radius 2 is 1.76 bits per heavy atom. The van der Waals surface area contributed by atoms with Crippen molar-refractivity contribution in [2.75, 3.05) is 4.90 Å². The van der Waals surface area contributed by atoms with Crippen molar-refractivity contribution in [3.8, 4) is 0 Å². The van der Waals surface area contributed by atoms with Crippen molar-refractivity contribution >= 4 is 22.7 Å². The van der Waals surface area contributed by atoms with Crippen molar-refractivity contribution in [2.24, 2.45) is 0 Å². The number of carbonyl (C=O) groups is 1. The molecule has 2 aromatic carbocycles. The summed E-state index contributed by atoms with van der Waals surface area (Å²) in [6.45, 7) is 2.34. The predicted octanol–water partition coefficient (Wildman–Crippen LogP) is 4.60. The second-order valence-electron chi connectivity index (χ2n) is 6.72. The molecule has 0 radical (unpaired) electrons. The van der Waals surface area contributed by atoms with Gasteiger partial charge in [0, 0.05) is 12.3 Å². The van der Waals surface area contributed by atoms with E-state index in [9.17, 15) is 9.59 Å². The highest BCUT2D eigenvalue weighted by Crippen LogP contribution is 2.20. The van der Waals surface area contributed by atoms with E-state index in [-0.39, 0.29) is 11.2 Å². The third-order valence-electron chi connectivity index (χ3n) is 4.77. The summed E-state index contributed by atoms with van der Waals surface area (Å²) < 4.78 is 5.83. The van der Waals surface area contributed by atoms with Crippen LogP contribution < -0.4 is 10.3 Å². The zero-order valence-electron chi connectivity index (χ0n) is 16.0. The number of hydrogen-bond acceptors (Lipinski definition) is 4. The Kier molecular flexibility index (Phi) is 5.20. The van der Waals surface area contributed by atoms with Crippen LogP contribution in [0.1, 0.15) is 28.6 Å². The molecule has 2 heterocycles. The molecule has 0 aliphatic carbocycles. The maximum atomic E-state index is 13.3. The van der Waals surface area contributed by atoms with Crippen LogP contribution in [-0.2, 0) is 13.0 Å². The molecule has 0 aliphatic heterocycles. The summed E-state index contributed by atoms with van der Waals surface area (Å²) in [5.74, 6) is 0.0740. The van der Waals surface area contributed by atoms with E-state index in [1.54, 1.807) is 24.4 Å². The van der Waals surface area contributed by atoms with E-state index in [2.05, 4.69) is 4.98 Å². The molecule has 0 saturated carbocycles. The third-order valence-corrected chi connectivity index (χ3v) is 4.77. The molecule has 0 bridgehead atoms. The molecule has 5 heteroatoms. The molecule has 1 amide bonds. The van der Waals surface area contributed by atoms with Gasteiger partial charge in [-0.3, -0.25) is 14.5 Å². The minimum atomic E-state index is -0.411. The molecule has 29 heavy (non-hydrogen) atoms. The lowest BCUT2D eigenvalue weighted by Gasteiger charge is -2.21. The van der Waals surface area contributed by atoms with Crippen molar-refractivity contribution in [3.63, 3.8) is 0 Å². The number of aryl methyl sites for hydroxylation is 1. The van der Waals surface area contributed by atoms with Crippen molar-refractivity contribution in [1.82, 2.24) is 4.98 Å². The second kappa shape index (κ2) is 8.10. The smallest absolute Gasteiger partial charge is 0.295 e. The first-order chi connectivity index (χ1) is 14.2. The summed E-state index contributed by atoms with van der Waals surface area (Å²) in [5.41, 5.74) is 2.16. The van der Waals surface area contributed by atoms with Crippen LogP contribution in [0.4, 0.5) is 5.82 Å². The minimum Gasteiger partial charge on any atom is -0.451 e. The SMILES string of the molecule is CCc1ccc2oc(C(=O)N(Cc3ccccc3)c3ccccn3)cc(=O)c2c1. The average molecular weight is 384 g/mol. The zero-order valence-corrected chi connectivity index (χ0v) is 16.0. The monoisotopic (exact) mass is 384 g/mol. The Hall–Kier alpha value is -3.73. The molecule has 144 valence electrons. The molecular weight excluding hydrogens is 364 g/mol. The van der Waals surface area contributed by atoms with E-state index >= 15 is 0 Å². The highest BCUT2D eigenvalue weighted by Gasteiger charge is 2.22. The maximum Gasteiger partial charge on any atom is 0.295 e. The molecule has 2 aromatic heterocycles. The summed E-state index contributed by atoms with van der Waals surface area (Å²) in [7, 11) is 0. The lowest BCUT2D eigenvalue weighted by molar-refractivity contribution is 0.0958. The summed E-state index contributed by atoms with van der Waals surface area (Å²) in [6, 6.07) is 21.7. The Labute approximate surface area is 168 Å². The molecule has 0 fully saturated rings. The van der Waals surface area contributed by atoms with Gasteiger partial charge in [-0.2, -0.15) is 0 Å². The molecule has 0 N–H and O–H groups in total. The molecule has 0 atom stereocenters. The summed E-state index contributed by atoms with van der Waals surface area (Å²) >= 11 is 0. The zero-order chi connectivity index (χ0) is 20.2. The molecule has 0 aliphatic rings. The van der Waals surface area contributed by atoms with Crippen LogP contribution in [-0.4, -0.2) is 10.9 Å². The number of pyridine rings is 1. The topological polar surface area (TPSA) is 63.4 Å². The van der Waals surface area contributed by atoms with Crippen LogP contribution in [0.2, 0.25) is 0 Å². The van der Waals surface area contributed by atoms with Crippen molar-refractivity contribution in [3.05, 3.63) is 106 Å². The van der Waals surface area contributed by atoms with Gasteiger partial charge < -0.3 is 4.42 Å². The number of benzene rings is 2. The normalized spacial score (nSPS) is 10.8. The highest BCUT2D eigenvalue weighted by atomic mass is 16.3. The number of anilines is 1. The number of fused-ring (bicyclic) bond motifs is 1. The second-order valence-corrected chi connectivity index (χ2v) is 6.72. The van der Waals surface area contributed by atoms with Crippen molar-refractivity contribution in [2.45, 2.75) is 19.9 Å². The number of nitrogens with zero attached hydrogens (tertiary/aromatic N) is 2. The van der Waals surface area contributed by atoms with E-state index in [0.29, 0.717) is 23.3 Å². The van der Waals surface area contributed by atoms with Crippen LogP contribution in [0.25, 0.3) is 11.0 Å². The first-order valence-electron chi connectivity index (χ1n) is 9.49. The molecular formula is C24H20N2O3. The highest BCUT2D eigenvalue weighted by molar-refractivity contribution is 6.04. The van der Waals surface area contributed by atoms with E-state index in [4.69, 9.17) is 4.42 Å². The van der Waals surface area contributed by atoms with Gasteiger partial charge in [0.1, 0.15) is 11.4 Å². The molecule has 0 spiro atoms. The fourth-order valence-electron chi connectivity index (χ4n) is 3.20. The Bertz CT molecular complexity index is 1200. The molecule has 0 unspecified atom stereocenters. The van der Waals surface area contributed by atoms with Crippen LogP contribution in [0.5, 0.6) is 0 Å². The van der Waals surface area contributed by atoms with Gasteiger partial charge in [0.05, 0.1) is 11.9 Å². The number of hydrogen-bond donors (Lipinski definition) is 0. The predicted molar refractivity (Wildman–Crippen MR) is 113 cm³/mol. The van der Waals surface area contributed by atoms with Gasteiger partial charge in [0.15, 0.2) is 11.2 Å². The number of aromatic nitrogens is 1. The van der Waals surface area contributed by atoms with Crippen LogP contribution in [0.15, 0.2) is 88.2 Å². The maximum absolute atomic E-state index is 13.3. The van der Waals surface area contributed by atoms with Gasteiger partial charge in [-0.15, -0.1) is 0 Å². The van der Waals surface area contributed by atoms with Gasteiger partial charge in [-0.05, 0) is 41.8 Å². The molecule has 4 rings (SSSR count). The van der Waals surface area contributed by atoms with Gasteiger partial charge in [-0.25, -0.2) is 4.98 Å². The fourth-order valence-corrected chi connectivity index (χ4v) is 3.20. The summed E-state index contributed by atoms with van der Waals surface area (Å²) in [4.78, 5) is 31.8. The summed E-state index contributed by atoms with van der Waals surface area (Å²) in [6.07, 6.45) is 2.45. The van der Waals surface area contributed by atoms with Crippen molar-refractivity contribution in [1.29, 1.82) is 0 Å². The first-order valence-corrected chi connectivity index (χ1v) is 9.49. The van der Waals surface area contributed by atoms with E-state index in [1.807, 2.05) is 55.5 Å². The quantitative estimate of drug-likeness (QED) is 0.505. The number of rotatable bonds is 5.